The van der Waals surface area contributed by atoms with E-state index in [9.17, 15) is 19.8 Å². The zero-order valence-electron chi connectivity index (χ0n) is 27.0. The topological polar surface area (TPSA) is 170 Å². The Hall–Kier alpha value is -5.42. The van der Waals surface area contributed by atoms with E-state index < -0.39 is 12.1 Å². The minimum atomic E-state index is -0.922. The number of phenols is 1. The predicted molar refractivity (Wildman–Crippen MR) is 191 cm³/mol. The molecule has 0 radical (unpaired) electrons. The highest BCUT2D eigenvalue weighted by molar-refractivity contribution is 5.87. The van der Waals surface area contributed by atoms with Gasteiger partial charge in [-0.3, -0.25) is 4.79 Å². The van der Waals surface area contributed by atoms with Crippen molar-refractivity contribution in [3.8, 4) is 11.5 Å². The van der Waals surface area contributed by atoms with Gasteiger partial charge >= 0.3 is 5.97 Å². The number of carboxylic acid groups (broad SMARTS) is 1. The molecular formula is C38H42N4O6. The molecule has 0 aliphatic heterocycles. The van der Waals surface area contributed by atoms with Crippen LogP contribution >= 0.6 is 0 Å². The van der Waals surface area contributed by atoms with Gasteiger partial charge in [-0.15, -0.1) is 0 Å². The second-order valence-electron chi connectivity index (χ2n) is 12.0. The Morgan fingerprint density at radius 2 is 1.60 bits per heavy atom. The van der Waals surface area contributed by atoms with E-state index >= 15 is 0 Å². The number of aromatic hydroxyl groups is 1. The first-order valence-corrected chi connectivity index (χ1v) is 15.5. The summed E-state index contributed by atoms with van der Waals surface area (Å²) in [5.41, 5.74) is 10.3. The van der Waals surface area contributed by atoms with E-state index in [1.807, 2.05) is 80.6 Å². The molecule has 8 N–H and O–H groups in total. The van der Waals surface area contributed by atoms with Crippen LogP contribution in [-0.2, 0) is 11.2 Å². The molecule has 0 saturated heterocycles. The van der Waals surface area contributed by atoms with Gasteiger partial charge in [0.25, 0.3) is 0 Å². The summed E-state index contributed by atoms with van der Waals surface area (Å²) < 4.78 is 5.71. The Morgan fingerprint density at radius 1 is 0.938 bits per heavy atom. The number of phenolic OH excluding ortho intramolecular Hbond substituents is 1. The lowest BCUT2D eigenvalue weighted by molar-refractivity contribution is -0.131. The van der Waals surface area contributed by atoms with Crippen molar-refractivity contribution in [1.29, 1.82) is 0 Å². The number of anilines is 2. The Balaban J connectivity index is 0.000000401. The summed E-state index contributed by atoms with van der Waals surface area (Å²) >= 11 is 0. The number of ether oxygens (including phenoxy) is 1. The van der Waals surface area contributed by atoms with E-state index in [0.29, 0.717) is 36.2 Å². The van der Waals surface area contributed by atoms with E-state index in [-0.39, 0.29) is 16.8 Å². The smallest absolute Gasteiger partial charge is 0.328 e. The number of carboxylic acids is 1. The fourth-order valence-corrected chi connectivity index (χ4v) is 4.69. The van der Waals surface area contributed by atoms with Gasteiger partial charge < -0.3 is 41.4 Å². The van der Waals surface area contributed by atoms with Crippen LogP contribution in [0.1, 0.15) is 36.6 Å². The maximum Gasteiger partial charge on any atom is 0.328 e. The maximum absolute atomic E-state index is 11.6. The second kappa shape index (κ2) is 16.9. The average Bonchev–Trinajstić information content (AvgIpc) is 3.07. The molecule has 10 nitrogen and oxygen atoms in total. The molecule has 250 valence electrons. The van der Waals surface area contributed by atoms with Crippen molar-refractivity contribution >= 4 is 34.3 Å². The molecule has 5 rings (SSSR count). The molecule has 0 aliphatic rings. The number of aliphatic hydroxyl groups is 1. The summed E-state index contributed by atoms with van der Waals surface area (Å²) in [6.45, 7) is 5.34. The van der Waals surface area contributed by atoms with Crippen LogP contribution in [0.3, 0.4) is 0 Å². The Labute approximate surface area is 279 Å². The maximum atomic E-state index is 11.6. The summed E-state index contributed by atoms with van der Waals surface area (Å²) in [6, 6.07) is 31.5. The van der Waals surface area contributed by atoms with Crippen LogP contribution in [-0.4, -0.2) is 51.5 Å². The van der Waals surface area contributed by atoms with Crippen molar-refractivity contribution in [2.24, 2.45) is 5.73 Å². The van der Waals surface area contributed by atoms with Gasteiger partial charge in [-0.25, -0.2) is 4.79 Å². The number of pyridine rings is 1. The summed E-state index contributed by atoms with van der Waals surface area (Å²) in [5.74, 6) is -0.161. The van der Waals surface area contributed by atoms with Gasteiger partial charge in [0, 0.05) is 41.0 Å². The van der Waals surface area contributed by atoms with Crippen molar-refractivity contribution < 1.29 is 24.9 Å². The zero-order valence-corrected chi connectivity index (χ0v) is 27.0. The van der Waals surface area contributed by atoms with E-state index in [4.69, 9.17) is 15.6 Å². The van der Waals surface area contributed by atoms with Crippen LogP contribution in [0.2, 0.25) is 0 Å². The number of aromatic amines is 1. The van der Waals surface area contributed by atoms with Gasteiger partial charge in [0.15, 0.2) is 0 Å². The quantitative estimate of drug-likeness (QED) is 0.0620. The number of benzene rings is 4. The third-order valence-corrected chi connectivity index (χ3v) is 7.12. The molecule has 10 heteroatoms. The fourth-order valence-electron chi connectivity index (χ4n) is 4.69. The van der Waals surface area contributed by atoms with Gasteiger partial charge in [-0.2, -0.15) is 0 Å². The average molecular weight is 651 g/mol. The molecule has 0 bridgehead atoms. The molecule has 0 unspecified atom stereocenters. The highest BCUT2D eigenvalue weighted by atomic mass is 16.5. The van der Waals surface area contributed by atoms with Crippen molar-refractivity contribution in [3.63, 3.8) is 0 Å². The monoisotopic (exact) mass is 650 g/mol. The summed E-state index contributed by atoms with van der Waals surface area (Å²) in [7, 11) is 0. The molecule has 0 saturated carbocycles. The number of H-pyrrole nitrogens is 1. The Kier molecular flexibility index (Phi) is 12.5. The number of hydrogen-bond acceptors (Lipinski definition) is 8. The summed E-state index contributed by atoms with van der Waals surface area (Å²) in [6.07, 6.45) is 2.71. The highest BCUT2D eigenvalue weighted by Crippen LogP contribution is 2.28. The second-order valence-corrected chi connectivity index (χ2v) is 12.0. The number of aliphatic carboxylic acids is 1. The molecule has 0 fully saturated rings. The van der Waals surface area contributed by atoms with Gasteiger partial charge in [-0.05, 0) is 98.1 Å². The van der Waals surface area contributed by atoms with E-state index in [1.54, 1.807) is 18.2 Å². The van der Waals surface area contributed by atoms with Crippen LogP contribution in [0.4, 0.5) is 11.4 Å². The molecule has 0 amide bonds. The highest BCUT2D eigenvalue weighted by Gasteiger charge is 2.14. The summed E-state index contributed by atoms with van der Waals surface area (Å²) in [5, 5.41) is 36.3. The van der Waals surface area contributed by atoms with Crippen LogP contribution < -0.4 is 26.7 Å². The minimum absolute atomic E-state index is 0.0211. The fraction of sp³-hybridized carbons (Fsp3) is 0.211. The number of aromatic nitrogens is 1. The van der Waals surface area contributed by atoms with Gasteiger partial charge in [-0.1, -0.05) is 48.5 Å². The van der Waals surface area contributed by atoms with Gasteiger partial charge in [0.2, 0.25) is 5.56 Å². The molecule has 48 heavy (non-hydrogen) atoms. The van der Waals surface area contributed by atoms with Crippen molar-refractivity contribution in [2.45, 2.75) is 31.9 Å². The number of aliphatic hydroxyl groups excluding tert-OH is 1. The lowest BCUT2D eigenvalue weighted by Gasteiger charge is -2.19. The lowest BCUT2D eigenvalue weighted by atomic mass is 10.0. The van der Waals surface area contributed by atoms with E-state index in [0.717, 1.165) is 35.2 Å². The van der Waals surface area contributed by atoms with E-state index in [2.05, 4.69) is 27.8 Å². The standard InChI is InChI=1S/C29H34N4O4.C9H8O2/c1-29(2,30)18-37-22-9-7-21(8-10-22)32-20-5-3-19(4-6-20)15-16-31-17-26(35)23-11-13-25(34)28-24(23)12-14-27(36)33-28;10-9(11)7-6-8-4-2-1-3-5-8/h3-14,26,31-32,34-35H,15-18,30H2,1-2H3,(H,33,36);1-7H,(H,10,11)/b;7-6+/t26-;/m0./s1. The normalized spacial score (nSPS) is 11.9. The number of fused-ring (bicyclic) bond motifs is 1. The first-order chi connectivity index (χ1) is 23.0. The van der Waals surface area contributed by atoms with E-state index in [1.165, 1.54) is 17.7 Å². The molecule has 1 atom stereocenters. The molecule has 1 heterocycles. The van der Waals surface area contributed by atoms with Crippen LogP contribution in [0.5, 0.6) is 11.5 Å². The number of carbonyl (C=O) groups is 1. The predicted octanol–water partition coefficient (Wildman–Crippen LogP) is 5.74. The van der Waals surface area contributed by atoms with Crippen molar-refractivity contribution in [3.05, 3.63) is 136 Å². The molecule has 4 aromatic carbocycles. The lowest BCUT2D eigenvalue weighted by Crippen LogP contribution is -2.38. The number of nitrogens with two attached hydrogens (primary N) is 1. The molecule has 1 aromatic heterocycles. The summed E-state index contributed by atoms with van der Waals surface area (Å²) in [4.78, 5) is 24.3. The molecule has 0 spiro atoms. The molecular weight excluding hydrogens is 608 g/mol. The van der Waals surface area contributed by atoms with Crippen molar-refractivity contribution in [1.82, 2.24) is 10.3 Å². The Morgan fingerprint density at radius 3 is 2.25 bits per heavy atom. The van der Waals surface area contributed by atoms with Crippen LogP contribution in [0.15, 0.2) is 114 Å². The number of rotatable bonds is 13. The largest absolute Gasteiger partial charge is 0.506 e. The van der Waals surface area contributed by atoms with Gasteiger partial charge in [0.1, 0.15) is 18.1 Å². The number of hydrogen-bond donors (Lipinski definition) is 7. The first kappa shape index (κ1) is 35.4. The Bertz CT molecular complexity index is 1850. The van der Waals surface area contributed by atoms with Gasteiger partial charge in [0.05, 0.1) is 11.6 Å². The molecule has 0 aliphatic carbocycles. The third kappa shape index (κ3) is 11.4. The SMILES string of the molecule is CC(C)(N)COc1ccc(Nc2ccc(CCNC[C@H](O)c3ccc(O)c4[nH]c(=O)ccc34)cc2)cc1.O=C(O)/C=C/c1ccccc1. The van der Waals surface area contributed by atoms with Crippen LogP contribution in [0, 0.1) is 0 Å². The third-order valence-electron chi connectivity index (χ3n) is 7.12. The molecule has 5 aromatic rings. The zero-order chi connectivity index (χ0) is 34.5. The minimum Gasteiger partial charge on any atom is -0.506 e. The van der Waals surface area contributed by atoms with Crippen molar-refractivity contribution in [2.75, 3.05) is 25.0 Å². The van der Waals surface area contributed by atoms with Crippen LogP contribution in [0.25, 0.3) is 17.0 Å². The number of nitrogens with one attached hydrogen (secondary N) is 3. The first-order valence-electron chi connectivity index (χ1n) is 15.5.